The third-order valence-corrected chi connectivity index (χ3v) is 4.64. The lowest BCUT2D eigenvalue weighted by atomic mass is 10.1. The van der Waals surface area contributed by atoms with E-state index >= 15 is 0 Å². The van der Waals surface area contributed by atoms with Gasteiger partial charge in [-0.3, -0.25) is 4.98 Å². The van der Waals surface area contributed by atoms with Crippen LogP contribution >= 0.6 is 11.6 Å². The number of aromatic nitrogens is 3. The number of nitrogens with one attached hydrogen (secondary N) is 1. The maximum Gasteiger partial charge on any atom is 0.162 e. The molecule has 0 atom stereocenters. The summed E-state index contributed by atoms with van der Waals surface area (Å²) < 4.78 is 10.8. The average molecular weight is 393 g/mol. The van der Waals surface area contributed by atoms with E-state index in [0.717, 1.165) is 27.8 Å². The molecule has 0 radical (unpaired) electrons. The van der Waals surface area contributed by atoms with Crippen LogP contribution in [0.3, 0.4) is 0 Å². The van der Waals surface area contributed by atoms with Gasteiger partial charge in [-0.25, -0.2) is 9.97 Å². The van der Waals surface area contributed by atoms with Crippen molar-refractivity contribution in [1.82, 2.24) is 15.0 Å². The molecule has 0 spiro atoms. The van der Waals surface area contributed by atoms with Gasteiger partial charge in [-0.2, -0.15) is 0 Å². The van der Waals surface area contributed by atoms with E-state index in [1.807, 2.05) is 48.5 Å². The van der Waals surface area contributed by atoms with Gasteiger partial charge >= 0.3 is 0 Å². The predicted octanol–water partition coefficient (Wildman–Crippen LogP) is 5.11. The Labute approximate surface area is 167 Å². The number of hydrogen-bond acceptors (Lipinski definition) is 6. The van der Waals surface area contributed by atoms with E-state index in [0.29, 0.717) is 22.3 Å². The lowest BCUT2D eigenvalue weighted by Gasteiger charge is -2.13. The van der Waals surface area contributed by atoms with Crippen molar-refractivity contribution in [1.29, 1.82) is 0 Å². The van der Waals surface area contributed by atoms with Crippen LogP contribution in [0.5, 0.6) is 11.5 Å². The van der Waals surface area contributed by atoms with Gasteiger partial charge in [0.15, 0.2) is 11.5 Å². The Balaban J connectivity index is 1.76. The number of hydrogen-bond donors (Lipinski definition) is 1. The minimum absolute atomic E-state index is 0.609. The maximum atomic E-state index is 6.38. The van der Waals surface area contributed by atoms with Crippen molar-refractivity contribution in [2.45, 2.75) is 0 Å². The van der Waals surface area contributed by atoms with E-state index in [1.54, 1.807) is 20.4 Å². The zero-order valence-electron chi connectivity index (χ0n) is 15.3. The molecule has 0 bridgehead atoms. The first-order valence-electron chi connectivity index (χ1n) is 8.54. The van der Waals surface area contributed by atoms with Crippen molar-refractivity contribution in [3.05, 3.63) is 66.1 Å². The second-order valence-corrected chi connectivity index (χ2v) is 6.39. The molecule has 6 nitrogen and oxygen atoms in total. The smallest absolute Gasteiger partial charge is 0.162 e. The summed E-state index contributed by atoms with van der Waals surface area (Å²) >= 11 is 6.38. The van der Waals surface area contributed by atoms with Crippen LogP contribution in [0.2, 0.25) is 5.02 Å². The fourth-order valence-electron chi connectivity index (χ4n) is 2.94. The third-order valence-electron chi connectivity index (χ3n) is 4.31. The Morgan fingerprint density at radius 3 is 2.46 bits per heavy atom. The predicted molar refractivity (Wildman–Crippen MR) is 111 cm³/mol. The van der Waals surface area contributed by atoms with Crippen LogP contribution in [0.1, 0.15) is 0 Å². The summed E-state index contributed by atoms with van der Waals surface area (Å²) in [7, 11) is 3.19. The molecule has 2 heterocycles. The SMILES string of the molecule is COc1cc2ncnc(Nc3ccc(Cl)c(-c4ccccn4)c3)c2cc1OC. The largest absolute Gasteiger partial charge is 0.493 e. The summed E-state index contributed by atoms with van der Waals surface area (Å²) in [4.78, 5) is 13.1. The number of rotatable bonds is 5. The third kappa shape index (κ3) is 3.42. The molecule has 0 aliphatic rings. The molecule has 0 aliphatic carbocycles. The van der Waals surface area contributed by atoms with Crippen molar-refractivity contribution in [2.75, 3.05) is 19.5 Å². The van der Waals surface area contributed by atoms with E-state index in [-0.39, 0.29) is 0 Å². The quantitative estimate of drug-likeness (QED) is 0.509. The number of benzene rings is 2. The molecular weight excluding hydrogens is 376 g/mol. The molecular formula is C21H17ClN4O2. The molecule has 0 amide bonds. The second-order valence-electron chi connectivity index (χ2n) is 5.98. The number of ether oxygens (including phenoxy) is 2. The lowest BCUT2D eigenvalue weighted by Crippen LogP contribution is -1.98. The number of anilines is 2. The Morgan fingerprint density at radius 2 is 1.71 bits per heavy atom. The molecule has 7 heteroatoms. The number of halogens is 1. The summed E-state index contributed by atoms with van der Waals surface area (Å²) in [5.41, 5.74) is 3.22. The zero-order chi connectivity index (χ0) is 19.5. The van der Waals surface area contributed by atoms with Gasteiger partial charge in [0.05, 0.1) is 30.5 Å². The molecule has 0 unspecified atom stereocenters. The molecule has 0 aliphatic heterocycles. The van der Waals surface area contributed by atoms with Gasteiger partial charge in [0.1, 0.15) is 12.1 Å². The molecule has 140 valence electrons. The molecule has 4 aromatic rings. The molecule has 0 saturated carbocycles. The normalized spacial score (nSPS) is 10.7. The Hall–Kier alpha value is -3.38. The maximum absolute atomic E-state index is 6.38. The van der Waals surface area contributed by atoms with Crippen LogP contribution in [0.15, 0.2) is 61.1 Å². The fourth-order valence-corrected chi connectivity index (χ4v) is 3.16. The minimum Gasteiger partial charge on any atom is -0.493 e. The highest BCUT2D eigenvalue weighted by atomic mass is 35.5. The van der Waals surface area contributed by atoms with Crippen LogP contribution in [-0.2, 0) is 0 Å². The average Bonchev–Trinajstić information content (AvgIpc) is 2.75. The summed E-state index contributed by atoms with van der Waals surface area (Å²) in [6.07, 6.45) is 3.25. The van der Waals surface area contributed by atoms with Gasteiger partial charge < -0.3 is 14.8 Å². The number of fused-ring (bicyclic) bond motifs is 1. The molecule has 0 saturated heterocycles. The van der Waals surface area contributed by atoms with Crippen LogP contribution in [0.4, 0.5) is 11.5 Å². The molecule has 2 aromatic carbocycles. The molecule has 1 N–H and O–H groups in total. The van der Waals surface area contributed by atoms with E-state index in [9.17, 15) is 0 Å². The zero-order valence-corrected chi connectivity index (χ0v) is 16.1. The Morgan fingerprint density at radius 1 is 0.893 bits per heavy atom. The second kappa shape index (κ2) is 7.70. The van der Waals surface area contributed by atoms with Crippen molar-refractivity contribution >= 4 is 34.0 Å². The van der Waals surface area contributed by atoms with Gasteiger partial charge in [-0.15, -0.1) is 0 Å². The fraction of sp³-hybridized carbons (Fsp3) is 0.0952. The van der Waals surface area contributed by atoms with Crippen molar-refractivity contribution in [3.8, 4) is 22.8 Å². The molecule has 28 heavy (non-hydrogen) atoms. The van der Waals surface area contributed by atoms with Gasteiger partial charge in [-0.05, 0) is 36.4 Å². The summed E-state index contributed by atoms with van der Waals surface area (Å²) in [5, 5.41) is 4.78. The minimum atomic E-state index is 0.609. The van der Waals surface area contributed by atoms with Crippen LogP contribution < -0.4 is 14.8 Å². The molecule has 4 rings (SSSR count). The van der Waals surface area contributed by atoms with Crippen molar-refractivity contribution in [3.63, 3.8) is 0 Å². The Kier molecular flexibility index (Phi) is 4.95. The lowest BCUT2D eigenvalue weighted by molar-refractivity contribution is 0.356. The molecule has 0 fully saturated rings. The van der Waals surface area contributed by atoms with E-state index in [2.05, 4.69) is 20.3 Å². The van der Waals surface area contributed by atoms with E-state index in [4.69, 9.17) is 21.1 Å². The summed E-state index contributed by atoms with van der Waals surface area (Å²) in [5.74, 6) is 1.88. The number of methoxy groups -OCH3 is 2. The first-order chi connectivity index (χ1) is 13.7. The monoisotopic (exact) mass is 392 g/mol. The van der Waals surface area contributed by atoms with Gasteiger partial charge in [0.2, 0.25) is 0 Å². The van der Waals surface area contributed by atoms with E-state index in [1.165, 1.54) is 6.33 Å². The van der Waals surface area contributed by atoms with Crippen molar-refractivity contribution in [2.24, 2.45) is 0 Å². The van der Waals surface area contributed by atoms with Gasteiger partial charge in [0.25, 0.3) is 0 Å². The van der Waals surface area contributed by atoms with Gasteiger partial charge in [0, 0.05) is 28.9 Å². The first kappa shape index (κ1) is 18.0. The Bertz CT molecular complexity index is 1140. The summed E-state index contributed by atoms with van der Waals surface area (Å²) in [6, 6.07) is 15.1. The summed E-state index contributed by atoms with van der Waals surface area (Å²) in [6.45, 7) is 0. The molecule has 2 aromatic heterocycles. The highest BCUT2D eigenvalue weighted by Gasteiger charge is 2.12. The highest BCUT2D eigenvalue weighted by Crippen LogP contribution is 2.35. The van der Waals surface area contributed by atoms with Crippen LogP contribution in [0.25, 0.3) is 22.2 Å². The number of nitrogens with zero attached hydrogens (tertiary/aromatic N) is 3. The van der Waals surface area contributed by atoms with E-state index < -0.39 is 0 Å². The van der Waals surface area contributed by atoms with Crippen molar-refractivity contribution < 1.29 is 9.47 Å². The van der Waals surface area contributed by atoms with Gasteiger partial charge in [-0.1, -0.05) is 17.7 Å². The standard InChI is InChI=1S/C21H17ClN4O2/c1-27-19-10-15-18(11-20(19)28-2)24-12-25-21(15)26-13-6-7-16(22)14(9-13)17-5-3-4-8-23-17/h3-12H,1-2H3,(H,24,25,26). The number of pyridine rings is 1. The van der Waals surface area contributed by atoms with Crippen LogP contribution in [-0.4, -0.2) is 29.2 Å². The van der Waals surface area contributed by atoms with Crippen LogP contribution in [0, 0.1) is 0 Å². The highest BCUT2D eigenvalue weighted by molar-refractivity contribution is 6.33. The first-order valence-corrected chi connectivity index (χ1v) is 8.92. The topological polar surface area (TPSA) is 69.2 Å².